The second-order valence-electron chi connectivity index (χ2n) is 5.36. The van der Waals surface area contributed by atoms with E-state index in [1.165, 1.54) is 10.9 Å². The smallest absolute Gasteiger partial charge is 0.307 e. The van der Waals surface area contributed by atoms with Crippen molar-refractivity contribution in [2.24, 2.45) is 0 Å². The summed E-state index contributed by atoms with van der Waals surface area (Å²) >= 11 is 0. The first-order chi connectivity index (χ1) is 10.3. The third-order valence-corrected chi connectivity index (χ3v) is 3.61. The number of nitrogens with one attached hydrogen (secondary N) is 1. The van der Waals surface area contributed by atoms with Crippen LogP contribution >= 0.6 is 0 Å². The number of aryl methyl sites for hydroxylation is 1. The van der Waals surface area contributed by atoms with Crippen molar-refractivity contribution in [1.29, 1.82) is 0 Å². The molecule has 1 unspecified atom stereocenters. The quantitative estimate of drug-likeness (QED) is 0.551. The fourth-order valence-corrected chi connectivity index (χ4v) is 2.41. The summed E-state index contributed by atoms with van der Waals surface area (Å²) in [6, 6.07) is 0.00936. The van der Waals surface area contributed by atoms with Gasteiger partial charge in [0.25, 0.3) is 11.8 Å². The highest BCUT2D eigenvalue weighted by atomic mass is 32.2. The average molecular weight is 331 g/mol. The fourth-order valence-electron chi connectivity index (χ4n) is 2.00. The van der Waals surface area contributed by atoms with Crippen LogP contribution in [0.4, 0.5) is 0 Å². The van der Waals surface area contributed by atoms with Crippen molar-refractivity contribution in [3.05, 3.63) is 11.8 Å². The first-order valence-electron chi connectivity index (χ1n) is 7.54. The summed E-state index contributed by atoms with van der Waals surface area (Å²) in [7, 11) is -3.73. The van der Waals surface area contributed by atoms with Crippen molar-refractivity contribution in [1.82, 2.24) is 15.1 Å². The molecule has 1 aromatic heterocycles. The zero-order valence-electron chi connectivity index (χ0n) is 13.6. The molecule has 126 valence electrons. The van der Waals surface area contributed by atoms with E-state index in [0.717, 1.165) is 31.9 Å². The number of carbonyl (C=O) groups is 1. The number of hydrogen-bond donors (Lipinski definition) is 1. The zero-order valence-corrected chi connectivity index (χ0v) is 14.4. The van der Waals surface area contributed by atoms with Crippen LogP contribution in [0.3, 0.4) is 0 Å². The van der Waals surface area contributed by atoms with Crippen LogP contribution in [0.2, 0.25) is 0 Å². The lowest BCUT2D eigenvalue weighted by Gasteiger charge is -2.13. The first-order valence-corrected chi connectivity index (χ1v) is 9.36. The Morgan fingerprint density at radius 3 is 2.64 bits per heavy atom. The summed E-state index contributed by atoms with van der Waals surface area (Å²) in [5.41, 5.74) is 0.134. The van der Waals surface area contributed by atoms with Gasteiger partial charge >= 0.3 is 10.1 Å². The summed E-state index contributed by atoms with van der Waals surface area (Å²) in [5.74, 6) is -0.551. The molecule has 1 aromatic rings. The van der Waals surface area contributed by atoms with Gasteiger partial charge in [-0.2, -0.15) is 8.42 Å². The summed E-state index contributed by atoms with van der Waals surface area (Å²) < 4.78 is 28.8. The maximum absolute atomic E-state index is 12.3. The molecule has 0 aliphatic heterocycles. The molecule has 0 saturated carbocycles. The average Bonchev–Trinajstić information content (AvgIpc) is 2.80. The van der Waals surface area contributed by atoms with Gasteiger partial charge in [0, 0.05) is 18.8 Å². The van der Waals surface area contributed by atoms with E-state index < -0.39 is 10.1 Å². The molecule has 1 atom stereocenters. The van der Waals surface area contributed by atoms with Crippen molar-refractivity contribution in [2.45, 2.75) is 59.0 Å². The molecular weight excluding hydrogens is 306 g/mol. The van der Waals surface area contributed by atoms with Gasteiger partial charge in [-0.3, -0.25) is 9.48 Å². The van der Waals surface area contributed by atoms with Crippen molar-refractivity contribution in [3.8, 4) is 5.88 Å². The highest BCUT2D eigenvalue weighted by Gasteiger charge is 2.21. The largest absolute Gasteiger partial charge is 0.359 e. The Balaban J connectivity index is 2.81. The van der Waals surface area contributed by atoms with Gasteiger partial charge in [-0.15, -0.1) is 5.10 Å². The maximum Gasteiger partial charge on any atom is 0.307 e. The number of carbonyl (C=O) groups excluding carboxylic acids is 1. The van der Waals surface area contributed by atoms with E-state index in [1.807, 2.05) is 13.8 Å². The van der Waals surface area contributed by atoms with Crippen LogP contribution in [0.25, 0.3) is 0 Å². The Hall–Kier alpha value is -1.57. The minimum absolute atomic E-state index is 0.00936. The van der Waals surface area contributed by atoms with Crippen LogP contribution in [0.15, 0.2) is 6.20 Å². The van der Waals surface area contributed by atoms with Gasteiger partial charge in [0.05, 0.1) is 6.26 Å². The van der Waals surface area contributed by atoms with Crippen molar-refractivity contribution in [2.75, 3.05) is 6.26 Å². The van der Waals surface area contributed by atoms with E-state index >= 15 is 0 Å². The van der Waals surface area contributed by atoms with E-state index in [2.05, 4.69) is 17.3 Å². The highest BCUT2D eigenvalue weighted by Crippen LogP contribution is 2.18. The molecule has 0 aliphatic rings. The molecule has 0 fully saturated rings. The third kappa shape index (κ3) is 6.05. The lowest BCUT2D eigenvalue weighted by atomic mass is 10.1. The van der Waals surface area contributed by atoms with Crippen molar-refractivity contribution < 1.29 is 17.4 Å². The Morgan fingerprint density at radius 2 is 2.09 bits per heavy atom. The predicted molar refractivity (Wildman–Crippen MR) is 84.4 cm³/mol. The standard InChI is InChI=1S/C14H25N3O4S/c1-5-7-8-9-11(3)15-13(18)12-10-17(6-2)16-14(12)21-22(4,19)20/h10-11H,5-9H2,1-4H3,(H,15,18). The van der Waals surface area contributed by atoms with Crippen LogP contribution in [0, 0.1) is 0 Å². The predicted octanol–water partition coefficient (Wildman–Crippen LogP) is 1.94. The van der Waals surface area contributed by atoms with Crippen LogP contribution in [0.5, 0.6) is 5.88 Å². The minimum Gasteiger partial charge on any atom is -0.359 e. The number of hydrogen-bond acceptors (Lipinski definition) is 5. The van der Waals surface area contributed by atoms with Gasteiger partial charge in [0.1, 0.15) is 5.56 Å². The Bertz CT molecular complexity index is 595. The fraction of sp³-hybridized carbons (Fsp3) is 0.714. The molecule has 1 rings (SSSR count). The van der Waals surface area contributed by atoms with E-state index in [4.69, 9.17) is 4.18 Å². The second-order valence-corrected chi connectivity index (χ2v) is 6.94. The number of amides is 1. The molecule has 0 spiro atoms. The number of aromatic nitrogens is 2. The molecule has 0 aromatic carbocycles. The lowest BCUT2D eigenvalue weighted by Crippen LogP contribution is -2.32. The summed E-state index contributed by atoms with van der Waals surface area (Å²) in [6.07, 6.45) is 6.58. The Kier molecular flexibility index (Phi) is 6.86. The van der Waals surface area contributed by atoms with E-state index in [1.54, 1.807) is 0 Å². The van der Waals surface area contributed by atoms with Crippen LogP contribution < -0.4 is 9.50 Å². The SMILES string of the molecule is CCCCCC(C)NC(=O)c1cn(CC)nc1OS(C)(=O)=O. The Labute approximate surface area is 132 Å². The Morgan fingerprint density at radius 1 is 1.41 bits per heavy atom. The topological polar surface area (TPSA) is 90.3 Å². The number of nitrogens with zero attached hydrogens (tertiary/aromatic N) is 2. The normalized spacial score (nSPS) is 12.9. The molecule has 1 amide bonds. The van der Waals surface area contributed by atoms with Crippen LogP contribution in [-0.4, -0.2) is 36.4 Å². The minimum atomic E-state index is -3.73. The molecule has 1 N–H and O–H groups in total. The summed E-state index contributed by atoms with van der Waals surface area (Å²) in [6.45, 7) is 6.40. The monoisotopic (exact) mass is 331 g/mol. The maximum atomic E-state index is 12.3. The van der Waals surface area contributed by atoms with Gasteiger partial charge in [0.2, 0.25) is 0 Å². The van der Waals surface area contributed by atoms with Gasteiger partial charge in [-0.25, -0.2) is 0 Å². The van der Waals surface area contributed by atoms with E-state index in [-0.39, 0.29) is 23.4 Å². The summed E-state index contributed by atoms with van der Waals surface area (Å²) in [4.78, 5) is 12.3. The van der Waals surface area contributed by atoms with Gasteiger partial charge in [0.15, 0.2) is 0 Å². The second kappa shape index (κ2) is 8.17. The molecule has 0 aliphatic carbocycles. The third-order valence-electron chi connectivity index (χ3n) is 3.14. The molecule has 22 heavy (non-hydrogen) atoms. The van der Waals surface area contributed by atoms with Crippen molar-refractivity contribution >= 4 is 16.0 Å². The van der Waals surface area contributed by atoms with E-state index in [0.29, 0.717) is 6.54 Å². The van der Waals surface area contributed by atoms with Gasteiger partial charge < -0.3 is 9.50 Å². The van der Waals surface area contributed by atoms with Gasteiger partial charge in [-0.1, -0.05) is 26.2 Å². The van der Waals surface area contributed by atoms with Gasteiger partial charge in [-0.05, 0) is 20.3 Å². The summed E-state index contributed by atoms with van der Waals surface area (Å²) in [5, 5.41) is 6.82. The molecule has 0 bridgehead atoms. The van der Waals surface area contributed by atoms with Crippen molar-refractivity contribution in [3.63, 3.8) is 0 Å². The molecule has 7 nitrogen and oxygen atoms in total. The lowest BCUT2D eigenvalue weighted by molar-refractivity contribution is 0.0936. The van der Waals surface area contributed by atoms with Crippen LogP contribution in [-0.2, 0) is 16.7 Å². The van der Waals surface area contributed by atoms with Crippen LogP contribution in [0.1, 0.15) is 56.8 Å². The number of rotatable bonds is 9. The zero-order chi connectivity index (χ0) is 16.8. The molecule has 0 radical (unpaired) electrons. The highest BCUT2D eigenvalue weighted by molar-refractivity contribution is 7.86. The first kappa shape index (κ1) is 18.5. The van der Waals surface area contributed by atoms with E-state index in [9.17, 15) is 13.2 Å². The molecular formula is C14H25N3O4S. The molecule has 8 heteroatoms. The molecule has 0 saturated heterocycles. The number of unbranched alkanes of at least 4 members (excludes halogenated alkanes) is 2. The molecule has 1 heterocycles.